The van der Waals surface area contributed by atoms with E-state index in [1.165, 1.54) is 12.1 Å². The van der Waals surface area contributed by atoms with Gasteiger partial charge in [0.25, 0.3) is 0 Å². The van der Waals surface area contributed by atoms with Gasteiger partial charge in [0.2, 0.25) is 0 Å². The number of halogens is 2. The molecule has 140 valence electrons. The first-order chi connectivity index (χ1) is 12.2. The summed E-state index contributed by atoms with van der Waals surface area (Å²) in [4.78, 5) is 4.28. The van der Waals surface area contributed by atoms with E-state index in [1.807, 2.05) is 24.3 Å². The molecule has 26 heavy (non-hydrogen) atoms. The first-order valence-electron chi connectivity index (χ1n) is 7.88. The molecule has 0 atom stereocenters. The van der Waals surface area contributed by atoms with Crippen molar-refractivity contribution in [2.24, 2.45) is 10.7 Å². The number of hydrogen-bond donors (Lipinski definition) is 2. The van der Waals surface area contributed by atoms with Gasteiger partial charge in [-0.05, 0) is 36.2 Å². The van der Waals surface area contributed by atoms with Crippen LogP contribution in [-0.2, 0) is 17.8 Å². The molecule has 6 nitrogen and oxygen atoms in total. The van der Waals surface area contributed by atoms with Gasteiger partial charge in [0.1, 0.15) is 17.3 Å². The number of ether oxygens (including phenoxy) is 3. The quantitative estimate of drug-likeness (QED) is 0.396. The number of nitrogens with one attached hydrogen (secondary N) is 1. The van der Waals surface area contributed by atoms with Crippen LogP contribution in [0, 0.1) is 5.82 Å². The zero-order valence-corrected chi connectivity index (χ0v) is 16.7. The Morgan fingerprint density at radius 1 is 1.35 bits per heavy atom. The fourth-order valence-corrected chi connectivity index (χ4v) is 2.63. The molecule has 1 aliphatic heterocycles. The number of nitrogens with zero attached hydrogens (tertiary/aromatic N) is 1. The predicted octanol–water partition coefficient (Wildman–Crippen LogP) is 3.29. The largest absolute Gasteiger partial charge is 0.497 e. The molecule has 0 aliphatic carbocycles. The average molecular weight is 473 g/mol. The van der Waals surface area contributed by atoms with Crippen LogP contribution in [0.4, 0.5) is 10.1 Å². The van der Waals surface area contributed by atoms with Gasteiger partial charge in [0.05, 0.1) is 13.7 Å². The van der Waals surface area contributed by atoms with Gasteiger partial charge in [-0.3, -0.25) is 4.99 Å². The molecule has 0 spiro atoms. The zero-order chi connectivity index (χ0) is 17.6. The van der Waals surface area contributed by atoms with E-state index < -0.39 is 0 Å². The number of nitrogens with two attached hydrogens (primary N) is 1. The van der Waals surface area contributed by atoms with Crippen molar-refractivity contribution in [2.75, 3.05) is 25.8 Å². The summed E-state index contributed by atoms with van der Waals surface area (Å²) in [6.07, 6.45) is 0.514. The lowest BCUT2D eigenvalue weighted by atomic mass is 10.1. The third-order valence-electron chi connectivity index (χ3n) is 3.76. The van der Waals surface area contributed by atoms with Crippen LogP contribution >= 0.6 is 24.0 Å². The summed E-state index contributed by atoms with van der Waals surface area (Å²) in [6.45, 7) is 0.931. The minimum Gasteiger partial charge on any atom is -0.497 e. The van der Waals surface area contributed by atoms with E-state index in [1.54, 1.807) is 7.11 Å². The minimum absolute atomic E-state index is 0. The van der Waals surface area contributed by atoms with Crippen molar-refractivity contribution in [3.63, 3.8) is 0 Å². The number of rotatable bonds is 5. The second-order valence-electron chi connectivity index (χ2n) is 5.54. The fraction of sp³-hybridized carbons (Fsp3) is 0.278. The van der Waals surface area contributed by atoms with Gasteiger partial charge in [0.15, 0.2) is 12.8 Å². The van der Waals surface area contributed by atoms with Crippen molar-refractivity contribution in [1.82, 2.24) is 0 Å². The number of guanidine groups is 1. The van der Waals surface area contributed by atoms with Crippen LogP contribution in [0.25, 0.3) is 0 Å². The molecule has 0 aromatic heterocycles. The lowest BCUT2D eigenvalue weighted by Gasteiger charge is -2.20. The van der Waals surface area contributed by atoms with Gasteiger partial charge < -0.3 is 25.3 Å². The van der Waals surface area contributed by atoms with E-state index in [9.17, 15) is 4.39 Å². The Balaban J connectivity index is 0.00000243. The summed E-state index contributed by atoms with van der Waals surface area (Å²) in [7, 11) is 1.60. The van der Waals surface area contributed by atoms with E-state index >= 15 is 0 Å². The molecule has 2 aromatic carbocycles. The van der Waals surface area contributed by atoms with Gasteiger partial charge in [-0.25, -0.2) is 4.39 Å². The molecule has 0 unspecified atom stereocenters. The summed E-state index contributed by atoms with van der Waals surface area (Å²) in [5.74, 6) is 1.38. The second-order valence-corrected chi connectivity index (χ2v) is 5.54. The second kappa shape index (κ2) is 9.58. The summed E-state index contributed by atoms with van der Waals surface area (Å²) in [5.41, 5.74) is 8.16. The van der Waals surface area contributed by atoms with Crippen LogP contribution in [0.3, 0.4) is 0 Å². The highest BCUT2D eigenvalue weighted by Gasteiger charge is 2.16. The molecule has 0 saturated heterocycles. The Morgan fingerprint density at radius 3 is 3.00 bits per heavy atom. The highest BCUT2D eigenvalue weighted by Crippen LogP contribution is 2.29. The van der Waals surface area contributed by atoms with Crippen molar-refractivity contribution < 1.29 is 18.6 Å². The molecule has 1 aliphatic rings. The van der Waals surface area contributed by atoms with E-state index in [-0.39, 0.29) is 42.5 Å². The molecular weight excluding hydrogens is 452 g/mol. The Hall–Kier alpha value is -2.07. The summed E-state index contributed by atoms with van der Waals surface area (Å²) < 4.78 is 29.5. The number of methoxy groups -OCH3 is 1. The first-order valence-corrected chi connectivity index (χ1v) is 7.88. The first kappa shape index (κ1) is 20.2. The molecular formula is C18H21FIN3O3. The number of hydrogen-bond acceptors (Lipinski definition) is 4. The van der Waals surface area contributed by atoms with Crippen LogP contribution in [0.2, 0.25) is 0 Å². The summed E-state index contributed by atoms with van der Waals surface area (Å²) >= 11 is 0. The third-order valence-corrected chi connectivity index (χ3v) is 3.76. The normalized spacial score (nSPS) is 13.2. The molecule has 8 heteroatoms. The monoisotopic (exact) mass is 473 g/mol. The number of aliphatic imine (C=N–C) groups is 1. The van der Waals surface area contributed by atoms with Crippen LogP contribution in [-0.4, -0.2) is 26.4 Å². The van der Waals surface area contributed by atoms with Gasteiger partial charge in [-0.15, -0.1) is 24.0 Å². The molecule has 0 amide bonds. The molecule has 0 fully saturated rings. The van der Waals surface area contributed by atoms with E-state index in [2.05, 4.69) is 10.3 Å². The Morgan fingerprint density at radius 2 is 2.19 bits per heavy atom. The van der Waals surface area contributed by atoms with Gasteiger partial charge >= 0.3 is 0 Å². The van der Waals surface area contributed by atoms with Crippen molar-refractivity contribution in [2.45, 2.75) is 13.0 Å². The van der Waals surface area contributed by atoms with E-state index in [4.69, 9.17) is 19.9 Å². The molecule has 2 aromatic rings. The molecule has 3 rings (SSSR count). The molecule has 0 saturated carbocycles. The highest BCUT2D eigenvalue weighted by atomic mass is 127. The van der Waals surface area contributed by atoms with Crippen LogP contribution < -0.4 is 20.5 Å². The summed E-state index contributed by atoms with van der Waals surface area (Å²) in [6, 6.07) is 10.3. The maximum atomic E-state index is 13.7. The Labute approximate surface area is 168 Å². The van der Waals surface area contributed by atoms with Crippen molar-refractivity contribution in [3.8, 4) is 11.5 Å². The van der Waals surface area contributed by atoms with Crippen molar-refractivity contribution in [1.29, 1.82) is 0 Å². The smallest absolute Gasteiger partial charge is 0.193 e. The standard InChI is InChI=1S/C18H20FN3O3.HI/c1-23-16-4-2-3-15(9-16)22-18(20)21-6-5-12-7-14(19)8-13-10-24-11-25-17(12)13;/h2-4,7-9H,5-6,10-11H2,1H3,(H3,20,21,22);1H. The van der Waals surface area contributed by atoms with Crippen molar-refractivity contribution >= 4 is 35.6 Å². The maximum absolute atomic E-state index is 13.7. The topological polar surface area (TPSA) is 78.1 Å². The lowest BCUT2D eigenvalue weighted by Crippen LogP contribution is -2.23. The molecule has 0 bridgehead atoms. The van der Waals surface area contributed by atoms with Crippen molar-refractivity contribution in [3.05, 3.63) is 53.3 Å². The van der Waals surface area contributed by atoms with E-state index in [0.717, 1.165) is 17.0 Å². The predicted molar refractivity (Wildman–Crippen MR) is 109 cm³/mol. The minimum atomic E-state index is -0.311. The molecule has 1 heterocycles. The van der Waals surface area contributed by atoms with Crippen LogP contribution in [0.5, 0.6) is 11.5 Å². The number of anilines is 1. The number of benzene rings is 2. The Bertz CT molecular complexity index is 786. The van der Waals surface area contributed by atoms with Gasteiger partial charge in [-0.1, -0.05) is 6.07 Å². The summed E-state index contributed by atoms with van der Waals surface area (Å²) in [5, 5.41) is 3.00. The highest BCUT2D eigenvalue weighted by molar-refractivity contribution is 14.0. The number of fused-ring (bicyclic) bond motifs is 1. The van der Waals surface area contributed by atoms with Crippen LogP contribution in [0.1, 0.15) is 11.1 Å². The lowest BCUT2D eigenvalue weighted by molar-refractivity contribution is -0.0172. The third kappa shape index (κ3) is 5.21. The van der Waals surface area contributed by atoms with Gasteiger partial charge in [0, 0.05) is 23.9 Å². The van der Waals surface area contributed by atoms with Crippen LogP contribution in [0.15, 0.2) is 41.4 Å². The Kier molecular flexibility index (Phi) is 7.46. The van der Waals surface area contributed by atoms with Gasteiger partial charge in [-0.2, -0.15) is 0 Å². The fourth-order valence-electron chi connectivity index (χ4n) is 2.63. The van der Waals surface area contributed by atoms with E-state index in [0.29, 0.717) is 30.9 Å². The average Bonchev–Trinajstić information content (AvgIpc) is 2.61. The molecule has 0 radical (unpaired) electrons. The SMILES string of the molecule is COc1cccc(NC(N)=NCCc2cc(F)cc3c2OCOC3)c1.I. The maximum Gasteiger partial charge on any atom is 0.193 e. The molecule has 3 N–H and O–H groups in total. The zero-order valence-electron chi connectivity index (χ0n) is 14.3.